The number of carbonyl (C=O) groups is 1. The van der Waals surface area contributed by atoms with Gasteiger partial charge in [-0.05, 0) is 56.1 Å². The lowest BCUT2D eigenvalue weighted by Crippen LogP contribution is -2.54. The number of unbranched alkanes of at least 4 members (excludes halogenated alkanes) is 3. The van der Waals surface area contributed by atoms with Crippen molar-refractivity contribution < 1.29 is 4.79 Å². The molecular weight excluding hydrogens is 530 g/mol. The SMILES string of the molecule is CCCCCCN1CCN(CC(=O)N2CCN(c3ccc4nc(-c5ccc(N6CCCC6)nc5)sc4c3)CC2)CC1. The summed E-state index contributed by atoms with van der Waals surface area (Å²) in [6.07, 6.45) is 9.76. The van der Waals surface area contributed by atoms with Gasteiger partial charge in [0.15, 0.2) is 0 Å². The van der Waals surface area contributed by atoms with Crippen LogP contribution in [0.4, 0.5) is 11.5 Å². The van der Waals surface area contributed by atoms with Crippen LogP contribution >= 0.6 is 11.3 Å². The van der Waals surface area contributed by atoms with E-state index in [1.807, 2.05) is 6.20 Å². The highest BCUT2D eigenvalue weighted by atomic mass is 32.1. The van der Waals surface area contributed by atoms with E-state index in [1.165, 1.54) is 55.5 Å². The number of piperazine rings is 2. The van der Waals surface area contributed by atoms with Gasteiger partial charge in [0.2, 0.25) is 5.91 Å². The molecule has 0 radical (unpaired) electrons. The molecule has 0 atom stereocenters. The van der Waals surface area contributed by atoms with Crippen LogP contribution in [-0.2, 0) is 4.79 Å². The third-order valence-corrected chi connectivity index (χ3v) is 10.0. The molecule has 3 aromatic rings. The monoisotopic (exact) mass is 575 g/mol. The van der Waals surface area contributed by atoms with Gasteiger partial charge < -0.3 is 19.6 Å². The van der Waals surface area contributed by atoms with Gasteiger partial charge in [0.25, 0.3) is 0 Å². The van der Waals surface area contributed by atoms with Crippen molar-refractivity contribution >= 4 is 39.0 Å². The molecule has 8 nitrogen and oxygen atoms in total. The van der Waals surface area contributed by atoms with Crippen LogP contribution in [0.1, 0.15) is 45.4 Å². The molecule has 3 saturated heterocycles. The lowest BCUT2D eigenvalue weighted by atomic mass is 10.2. The number of anilines is 2. The minimum atomic E-state index is 0.285. The third kappa shape index (κ3) is 7.01. The molecule has 6 rings (SSSR count). The minimum Gasteiger partial charge on any atom is -0.368 e. The predicted molar refractivity (Wildman–Crippen MR) is 170 cm³/mol. The Bertz CT molecular complexity index is 1270. The van der Waals surface area contributed by atoms with E-state index in [0.29, 0.717) is 6.54 Å². The van der Waals surface area contributed by atoms with E-state index in [9.17, 15) is 4.79 Å². The second kappa shape index (κ2) is 13.5. The highest BCUT2D eigenvalue weighted by Crippen LogP contribution is 2.33. The fourth-order valence-electron chi connectivity index (χ4n) is 6.32. The van der Waals surface area contributed by atoms with E-state index >= 15 is 0 Å². The van der Waals surface area contributed by atoms with Gasteiger partial charge >= 0.3 is 0 Å². The molecule has 0 aliphatic carbocycles. The first kappa shape index (κ1) is 28.4. The smallest absolute Gasteiger partial charge is 0.236 e. The molecule has 3 fully saturated rings. The second-order valence-corrected chi connectivity index (χ2v) is 12.8. The Morgan fingerprint density at radius 1 is 0.829 bits per heavy atom. The van der Waals surface area contributed by atoms with Crippen molar-refractivity contribution in [3.05, 3.63) is 36.5 Å². The first-order chi connectivity index (χ1) is 20.2. The van der Waals surface area contributed by atoms with Crippen LogP contribution in [-0.4, -0.2) is 109 Å². The number of pyridine rings is 1. The lowest BCUT2D eigenvalue weighted by molar-refractivity contribution is -0.133. The molecule has 0 bridgehead atoms. The Morgan fingerprint density at radius 3 is 2.34 bits per heavy atom. The summed E-state index contributed by atoms with van der Waals surface area (Å²) >= 11 is 1.73. The molecule has 1 aromatic carbocycles. The van der Waals surface area contributed by atoms with Crippen LogP contribution in [0.25, 0.3) is 20.8 Å². The molecule has 220 valence electrons. The number of carbonyl (C=O) groups excluding carboxylic acids is 1. The Balaban J connectivity index is 0.982. The maximum absolute atomic E-state index is 13.1. The van der Waals surface area contributed by atoms with Crippen LogP contribution in [0.3, 0.4) is 0 Å². The van der Waals surface area contributed by atoms with E-state index in [-0.39, 0.29) is 5.91 Å². The predicted octanol–water partition coefficient (Wildman–Crippen LogP) is 4.81. The van der Waals surface area contributed by atoms with Crippen molar-refractivity contribution in [2.45, 2.75) is 45.4 Å². The van der Waals surface area contributed by atoms with Gasteiger partial charge in [0, 0.05) is 82.9 Å². The van der Waals surface area contributed by atoms with Gasteiger partial charge in [0.1, 0.15) is 10.8 Å². The lowest BCUT2D eigenvalue weighted by Gasteiger charge is -2.38. The number of hydrogen-bond acceptors (Lipinski definition) is 8. The van der Waals surface area contributed by atoms with Crippen LogP contribution in [0, 0.1) is 0 Å². The number of thiazole rings is 1. The zero-order valence-electron chi connectivity index (χ0n) is 24.6. The van der Waals surface area contributed by atoms with Gasteiger partial charge in [-0.25, -0.2) is 9.97 Å². The molecule has 1 amide bonds. The summed E-state index contributed by atoms with van der Waals surface area (Å²) < 4.78 is 1.20. The number of fused-ring (bicyclic) bond motifs is 1. The fourth-order valence-corrected chi connectivity index (χ4v) is 7.31. The number of aromatic nitrogens is 2. The van der Waals surface area contributed by atoms with Gasteiger partial charge in [-0.2, -0.15) is 0 Å². The summed E-state index contributed by atoms with van der Waals surface area (Å²) in [6, 6.07) is 10.9. The Kier molecular flexibility index (Phi) is 9.33. The number of amides is 1. The summed E-state index contributed by atoms with van der Waals surface area (Å²) in [4.78, 5) is 34.5. The molecule has 0 saturated carbocycles. The molecule has 9 heteroatoms. The summed E-state index contributed by atoms with van der Waals surface area (Å²) in [7, 11) is 0. The normalized spacial score (nSPS) is 19.0. The topological polar surface area (TPSA) is 59.1 Å². The first-order valence-electron chi connectivity index (χ1n) is 15.8. The van der Waals surface area contributed by atoms with Crippen molar-refractivity contribution in [2.24, 2.45) is 0 Å². The van der Waals surface area contributed by atoms with E-state index in [2.05, 4.69) is 61.8 Å². The molecule has 0 unspecified atom stereocenters. The average molecular weight is 576 g/mol. The van der Waals surface area contributed by atoms with Crippen LogP contribution in [0.15, 0.2) is 36.5 Å². The number of nitrogens with zero attached hydrogens (tertiary/aromatic N) is 7. The van der Waals surface area contributed by atoms with E-state index in [0.717, 1.165) is 87.4 Å². The Hall–Kier alpha value is -2.75. The van der Waals surface area contributed by atoms with Crippen molar-refractivity contribution in [1.29, 1.82) is 0 Å². The van der Waals surface area contributed by atoms with Crippen molar-refractivity contribution in [1.82, 2.24) is 24.7 Å². The van der Waals surface area contributed by atoms with E-state index < -0.39 is 0 Å². The van der Waals surface area contributed by atoms with Crippen molar-refractivity contribution in [2.75, 3.05) is 88.3 Å². The molecule has 0 spiro atoms. The van der Waals surface area contributed by atoms with Gasteiger partial charge in [-0.3, -0.25) is 9.69 Å². The highest BCUT2D eigenvalue weighted by molar-refractivity contribution is 7.21. The minimum absolute atomic E-state index is 0.285. The molecule has 41 heavy (non-hydrogen) atoms. The van der Waals surface area contributed by atoms with Gasteiger partial charge in [0.05, 0.1) is 16.8 Å². The molecule has 3 aliphatic heterocycles. The number of hydrogen-bond donors (Lipinski definition) is 0. The Morgan fingerprint density at radius 2 is 1.61 bits per heavy atom. The van der Waals surface area contributed by atoms with Crippen LogP contribution in [0.2, 0.25) is 0 Å². The number of benzene rings is 1. The average Bonchev–Trinajstić information content (AvgIpc) is 3.71. The largest absolute Gasteiger partial charge is 0.368 e. The van der Waals surface area contributed by atoms with Crippen molar-refractivity contribution in [3.8, 4) is 10.6 Å². The molecule has 0 N–H and O–H groups in total. The van der Waals surface area contributed by atoms with Crippen LogP contribution < -0.4 is 9.80 Å². The molecule has 5 heterocycles. The standard InChI is InChI=1S/C32H45N7OS/c1-2-3-4-5-12-35-15-17-36(18-16-35)25-31(40)39-21-19-37(20-22-39)27-9-10-28-29(23-27)41-32(34-28)26-8-11-30(33-24-26)38-13-6-7-14-38/h8-11,23-24H,2-7,12-22,25H2,1H3. The summed E-state index contributed by atoms with van der Waals surface area (Å²) in [5.74, 6) is 1.36. The molecular formula is C32H45N7OS. The first-order valence-corrected chi connectivity index (χ1v) is 16.6. The molecule has 2 aromatic heterocycles. The quantitative estimate of drug-likeness (QED) is 0.322. The van der Waals surface area contributed by atoms with Gasteiger partial charge in [-0.1, -0.05) is 26.2 Å². The van der Waals surface area contributed by atoms with Crippen LogP contribution in [0.5, 0.6) is 0 Å². The second-order valence-electron chi connectivity index (χ2n) is 11.8. The zero-order valence-corrected chi connectivity index (χ0v) is 25.5. The number of rotatable bonds is 10. The summed E-state index contributed by atoms with van der Waals surface area (Å²) in [5, 5.41) is 1.02. The summed E-state index contributed by atoms with van der Waals surface area (Å²) in [6.45, 7) is 13.8. The van der Waals surface area contributed by atoms with Crippen molar-refractivity contribution in [3.63, 3.8) is 0 Å². The maximum atomic E-state index is 13.1. The fraction of sp³-hybridized carbons (Fsp3) is 0.594. The van der Waals surface area contributed by atoms with Gasteiger partial charge in [-0.15, -0.1) is 11.3 Å². The maximum Gasteiger partial charge on any atom is 0.236 e. The molecule has 3 aliphatic rings. The van der Waals surface area contributed by atoms with E-state index in [1.54, 1.807) is 11.3 Å². The summed E-state index contributed by atoms with van der Waals surface area (Å²) in [5.41, 5.74) is 3.33. The third-order valence-electron chi connectivity index (χ3n) is 8.95. The highest BCUT2D eigenvalue weighted by Gasteiger charge is 2.25. The Labute approximate surface area is 248 Å². The zero-order chi connectivity index (χ0) is 28.0. The van der Waals surface area contributed by atoms with E-state index in [4.69, 9.17) is 9.97 Å².